The average molecular weight is 551 g/mol. The summed E-state index contributed by atoms with van der Waals surface area (Å²) in [5, 5.41) is 12.2. The van der Waals surface area contributed by atoms with Crippen LogP contribution in [0.3, 0.4) is 0 Å². The minimum absolute atomic E-state index is 0.0386. The molecule has 3 aromatic rings. The molecule has 2 amide bonds. The summed E-state index contributed by atoms with van der Waals surface area (Å²) in [5.41, 5.74) is 10.0. The van der Waals surface area contributed by atoms with Gasteiger partial charge in [0.1, 0.15) is 19.4 Å². The van der Waals surface area contributed by atoms with Gasteiger partial charge in [-0.3, -0.25) is 4.79 Å². The molecule has 11 heteroatoms. The molecule has 0 unspecified atom stereocenters. The van der Waals surface area contributed by atoms with Gasteiger partial charge in [-0.05, 0) is 28.3 Å². The number of ether oxygens (including phenoxy) is 2. The Hall–Kier alpha value is -3.96. The van der Waals surface area contributed by atoms with E-state index < -0.39 is 32.1 Å². The van der Waals surface area contributed by atoms with Crippen LogP contribution in [-0.2, 0) is 27.4 Å². The summed E-state index contributed by atoms with van der Waals surface area (Å²) in [5.74, 6) is -2.21. The first kappa shape index (κ1) is 28.1. The summed E-state index contributed by atoms with van der Waals surface area (Å²) < 4.78 is 12.6. The lowest BCUT2D eigenvalue weighted by Crippen LogP contribution is -2.43. The SMILES string of the molecule is C[Si](C)(C)CCOCn1cc(C[C@H](NC(=O)OCC2c3ccccc3-c3ccccc32)C(=O)O)nc1C(N)=O. The molecule has 4 rings (SSSR count). The van der Waals surface area contributed by atoms with Crippen LogP contribution >= 0.6 is 0 Å². The van der Waals surface area contributed by atoms with E-state index in [1.807, 2.05) is 48.5 Å². The zero-order valence-electron chi connectivity index (χ0n) is 22.3. The lowest BCUT2D eigenvalue weighted by molar-refractivity contribution is -0.139. The maximum atomic E-state index is 12.7. The van der Waals surface area contributed by atoms with E-state index in [1.165, 1.54) is 10.8 Å². The molecule has 0 saturated carbocycles. The van der Waals surface area contributed by atoms with Crippen molar-refractivity contribution in [2.45, 2.75) is 50.8 Å². The molecule has 0 aliphatic heterocycles. The van der Waals surface area contributed by atoms with Gasteiger partial charge in [0.2, 0.25) is 5.82 Å². The summed E-state index contributed by atoms with van der Waals surface area (Å²) in [4.78, 5) is 40.7. The third-order valence-electron chi connectivity index (χ3n) is 6.62. The minimum atomic E-state index is -1.32. The number of fused-ring (bicyclic) bond motifs is 3. The summed E-state index contributed by atoms with van der Waals surface area (Å²) in [6.45, 7) is 7.35. The molecular formula is C28H34N4O6Si. The third-order valence-corrected chi connectivity index (χ3v) is 8.32. The first-order valence-corrected chi connectivity index (χ1v) is 16.5. The smallest absolute Gasteiger partial charge is 0.407 e. The highest BCUT2D eigenvalue weighted by molar-refractivity contribution is 6.76. The molecule has 0 bridgehead atoms. The zero-order valence-corrected chi connectivity index (χ0v) is 23.3. The second-order valence-electron chi connectivity index (χ2n) is 10.8. The molecular weight excluding hydrogens is 516 g/mol. The minimum Gasteiger partial charge on any atom is -0.480 e. The van der Waals surface area contributed by atoms with Crippen LogP contribution in [0.25, 0.3) is 11.1 Å². The first-order chi connectivity index (χ1) is 18.5. The molecule has 0 radical (unpaired) electrons. The van der Waals surface area contributed by atoms with Crippen molar-refractivity contribution in [3.63, 3.8) is 0 Å². The maximum absolute atomic E-state index is 12.7. The fourth-order valence-electron chi connectivity index (χ4n) is 4.60. The summed E-state index contributed by atoms with van der Waals surface area (Å²) in [6, 6.07) is 15.5. The van der Waals surface area contributed by atoms with Gasteiger partial charge in [-0.25, -0.2) is 14.6 Å². The van der Waals surface area contributed by atoms with Gasteiger partial charge < -0.3 is 30.2 Å². The Morgan fingerprint density at radius 2 is 1.69 bits per heavy atom. The number of nitrogens with zero attached hydrogens (tertiary/aromatic N) is 2. The number of rotatable bonds is 12. The number of hydrogen-bond donors (Lipinski definition) is 3. The van der Waals surface area contributed by atoms with Crippen molar-refractivity contribution in [2.24, 2.45) is 5.73 Å². The molecule has 1 aliphatic rings. The number of aliphatic carboxylic acids is 1. The highest BCUT2D eigenvalue weighted by atomic mass is 28.3. The van der Waals surface area contributed by atoms with Crippen LogP contribution in [-0.4, -0.2) is 60.0 Å². The highest BCUT2D eigenvalue weighted by Gasteiger charge is 2.30. The molecule has 0 saturated heterocycles. The van der Waals surface area contributed by atoms with Gasteiger partial charge in [0.05, 0.1) is 5.69 Å². The number of carboxylic acid groups (broad SMARTS) is 1. The molecule has 0 spiro atoms. The lowest BCUT2D eigenvalue weighted by atomic mass is 9.98. The molecule has 1 aromatic heterocycles. The Balaban J connectivity index is 1.38. The van der Waals surface area contributed by atoms with Gasteiger partial charge in [-0.2, -0.15) is 0 Å². The predicted molar refractivity (Wildman–Crippen MR) is 148 cm³/mol. The monoisotopic (exact) mass is 550 g/mol. The summed E-state index contributed by atoms with van der Waals surface area (Å²) in [7, 11) is -1.29. The van der Waals surface area contributed by atoms with Crippen molar-refractivity contribution < 1.29 is 29.0 Å². The van der Waals surface area contributed by atoms with Crippen molar-refractivity contribution in [3.8, 4) is 11.1 Å². The Bertz CT molecular complexity index is 1320. The normalized spacial score (nSPS) is 13.4. The second kappa shape index (κ2) is 11.8. The largest absolute Gasteiger partial charge is 0.480 e. The number of imidazole rings is 1. The van der Waals surface area contributed by atoms with Crippen molar-refractivity contribution in [2.75, 3.05) is 13.2 Å². The number of nitrogens with one attached hydrogen (secondary N) is 1. The molecule has 0 fully saturated rings. The van der Waals surface area contributed by atoms with Crippen LogP contribution < -0.4 is 11.1 Å². The molecule has 4 N–H and O–H groups in total. The molecule has 1 atom stereocenters. The molecule has 2 aromatic carbocycles. The van der Waals surface area contributed by atoms with E-state index in [0.29, 0.717) is 6.61 Å². The quantitative estimate of drug-likeness (QED) is 0.229. The Kier molecular flexibility index (Phi) is 8.51. The maximum Gasteiger partial charge on any atom is 0.407 e. The Morgan fingerprint density at radius 3 is 2.26 bits per heavy atom. The van der Waals surface area contributed by atoms with Gasteiger partial charge in [0, 0.05) is 33.2 Å². The van der Waals surface area contributed by atoms with Gasteiger partial charge in [-0.15, -0.1) is 0 Å². The number of amides is 2. The molecule has 10 nitrogen and oxygen atoms in total. The summed E-state index contributed by atoms with van der Waals surface area (Å²) in [6.07, 6.45) is 0.500. The van der Waals surface area contributed by atoms with E-state index in [9.17, 15) is 19.5 Å². The standard InChI is InChI=1S/C28H34N4O6Si/c1-39(2,3)13-12-37-17-32-15-18(30-26(32)25(29)33)14-24(27(34)35)31-28(36)38-16-23-21-10-6-4-8-19(21)20-9-5-7-11-22(20)23/h4-11,15,23-24H,12-14,16-17H2,1-3H3,(H2,29,33)(H,31,36)(H,34,35)/t24-/m0/s1. The van der Waals surface area contributed by atoms with Crippen LogP contribution in [0, 0.1) is 0 Å². The van der Waals surface area contributed by atoms with Crippen LogP contribution in [0.5, 0.6) is 0 Å². The topological polar surface area (TPSA) is 146 Å². The van der Waals surface area contributed by atoms with E-state index in [1.54, 1.807) is 0 Å². The molecule has 206 valence electrons. The molecule has 1 heterocycles. The molecule has 39 heavy (non-hydrogen) atoms. The Labute approximate surface area is 228 Å². The van der Waals surface area contributed by atoms with Crippen LogP contribution in [0.4, 0.5) is 4.79 Å². The van der Waals surface area contributed by atoms with E-state index in [4.69, 9.17) is 15.2 Å². The van der Waals surface area contributed by atoms with Crippen LogP contribution in [0.2, 0.25) is 25.7 Å². The Morgan fingerprint density at radius 1 is 1.08 bits per heavy atom. The van der Waals surface area contributed by atoms with E-state index in [0.717, 1.165) is 28.3 Å². The number of primary amides is 1. The fraction of sp³-hybridized carbons (Fsp3) is 0.357. The van der Waals surface area contributed by atoms with E-state index in [-0.39, 0.29) is 37.2 Å². The van der Waals surface area contributed by atoms with Gasteiger partial charge in [0.15, 0.2) is 0 Å². The van der Waals surface area contributed by atoms with Crippen molar-refractivity contribution in [1.29, 1.82) is 0 Å². The van der Waals surface area contributed by atoms with Gasteiger partial charge in [0.25, 0.3) is 5.91 Å². The number of alkyl carbamates (subject to hydrolysis) is 1. The lowest BCUT2D eigenvalue weighted by Gasteiger charge is -2.17. The number of carboxylic acids is 1. The van der Waals surface area contributed by atoms with Crippen molar-refractivity contribution in [1.82, 2.24) is 14.9 Å². The zero-order chi connectivity index (χ0) is 28.2. The number of carbonyl (C=O) groups excluding carboxylic acids is 2. The molecule has 1 aliphatic carbocycles. The predicted octanol–water partition coefficient (Wildman–Crippen LogP) is 3.83. The first-order valence-electron chi connectivity index (χ1n) is 12.8. The summed E-state index contributed by atoms with van der Waals surface area (Å²) >= 11 is 0. The van der Waals surface area contributed by atoms with Crippen LogP contribution in [0.1, 0.15) is 33.4 Å². The number of hydrogen-bond acceptors (Lipinski definition) is 6. The van der Waals surface area contributed by atoms with Gasteiger partial charge in [-0.1, -0.05) is 68.2 Å². The number of carbonyl (C=O) groups is 3. The van der Waals surface area contributed by atoms with Crippen LogP contribution in [0.15, 0.2) is 54.7 Å². The third kappa shape index (κ3) is 6.92. The van der Waals surface area contributed by atoms with Crippen molar-refractivity contribution >= 4 is 26.0 Å². The number of aromatic nitrogens is 2. The second-order valence-corrected chi connectivity index (χ2v) is 16.4. The van der Waals surface area contributed by atoms with E-state index >= 15 is 0 Å². The van der Waals surface area contributed by atoms with E-state index in [2.05, 4.69) is 29.9 Å². The number of nitrogens with two attached hydrogens (primary N) is 1. The fourth-order valence-corrected chi connectivity index (χ4v) is 5.35. The van der Waals surface area contributed by atoms with Gasteiger partial charge >= 0.3 is 12.1 Å². The number of benzene rings is 2. The highest BCUT2D eigenvalue weighted by Crippen LogP contribution is 2.44. The van der Waals surface area contributed by atoms with Crippen molar-refractivity contribution in [3.05, 3.63) is 77.4 Å². The average Bonchev–Trinajstić information content (AvgIpc) is 3.43.